The smallest absolute Gasteiger partial charge is 0.374 e. The summed E-state index contributed by atoms with van der Waals surface area (Å²) in [5, 5.41) is 11.3. The van der Waals surface area contributed by atoms with Gasteiger partial charge < -0.3 is 16.0 Å². The number of alkyl halides is 4. The van der Waals surface area contributed by atoms with Gasteiger partial charge in [-0.15, -0.1) is 0 Å². The van der Waals surface area contributed by atoms with E-state index in [0.29, 0.717) is 78.2 Å². The van der Waals surface area contributed by atoms with Crippen LogP contribution >= 0.6 is 0 Å². The molecule has 4 aromatic rings. The minimum absolute atomic E-state index is 0.0307. The second kappa shape index (κ2) is 15.5. The van der Waals surface area contributed by atoms with E-state index in [1.54, 1.807) is 25.3 Å². The third-order valence-corrected chi connectivity index (χ3v) is 9.12. The molecule has 0 saturated carbocycles. The summed E-state index contributed by atoms with van der Waals surface area (Å²) in [5.41, 5.74) is 7.97. The first-order valence-electron chi connectivity index (χ1n) is 16.7. The lowest BCUT2D eigenvalue weighted by molar-refractivity contribution is -0.137. The molecule has 5 N–H and O–H groups in total. The molecule has 3 atom stereocenters. The molecular weight excluding hydrogens is 622 g/mol. The molecule has 3 heterocycles. The fourth-order valence-corrected chi connectivity index (χ4v) is 6.78. The largest absolute Gasteiger partial charge is 0.416 e. The molecule has 5 rings (SSSR count). The van der Waals surface area contributed by atoms with Gasteiger partial charge in [0.25, 0.3) is 0 Å². The first-order chi connectivity index (χ1) is 22.9. The molecule has 1 saturated heterocycles. The van der Waals surface area contributed by atoms with Gasteiger partial charge in [0.1, 0.15) is 5.65 Å². The number of fused-ring (bicyclic) bond motifs is 1. The van der Waals surface area contributed by atoms with E-state index in [9.17, 15) is 22.4 Å². The third-order valence-electron chi connectivity index (χ3n) is 9.12. The highest BCUT2D eigenvalue weighted by Crippen LogP contribution is 2.37. The van der Waals surface area contributed by atoms with E-state index < -0.39 is 17.4 Å². The van der Waals surface area contributed by atoms with Crippen molar-refractivity contribution in [2.24, 2.45) is 5.73 Å². The zero-order chi connectivity index (χ0) is 34.4. The van der Waals surface area contributed by atoms with Crippen LogP contribution in [0.1, 0.15) is 81.5 Å². The zero-order valence-electron chi connectivity index (χ0n) is 27.5. The van der Waals surface area contributed by atoms with Crippen molar-refractivity contribution in [3.05, 3.63) is 81.9 Å². The number of hydrogen-bond donors (Lipinski definition) is 4. The molecule has 0 radical (unpaired) electrons. The van der Waals surface area contributed by atoms with Crippen molar-refractivity contribution in [1.29, 1.82) is 5.41 Å². The van der Waals surface area contributed by atoms with E-state index in [4.69, 9.17) is 11.1 Å². The fraction of sp³-hybridized carbons (Fsp3) is 0.472. The van der Waals surface area contributed by atoms with Gasteiger partial charge in [-0.1, -0.05) is 12.1 Å². The number of H-pyrrole nitrogens is 1. The minimum atomic E-state index is -4.51. The van der Waals surface area contributed by atoms with Gasteiger partial charge in [0.15, 0.2) is 0 Å². The van der Waals surface area contributed by atoms with Crippen LogP contribution in [0.4, 0.5) is 17.6 Å². The van der Waals surface area contributed by atoms with Crippen LogP contribution in [0.3, 0.4) is 0 Å². The Hall–Kier alpha value is -4.03. The predicted molar refractivity (Wildman–Crippen MR) is 182 cm³/mol. The molecule has 8 nitrogen and oxygen atoms in total. The Morgan fingerprint density at radius 3 is 2.60 bits per heavy atom. The number of benzene rings is 2. The molecule has 1 aliphatic rings. The molecule has 2 aromatic carbocycles. The lowest BCUT2D eigenvalue weighted by atomic mass is 9.89. The van der Waals surface area contributed by atoms with Gasteiger partial charge in [0.2, 0.25) is 0 Å². The monoisotopic (exact) mass is 667 g/mol. The average Bonchev–Trinajstić information content (AvgIpc) is 3.46. The molecule has 12 heteroatoms. The average molecular weight is 668 g/mol. The zero-order valence-corrected chi connectivity index (χ0v) is 27.5. The van der Waals surface area contributed by atoms with E-state index in [1.807, 2.05) is 31.2 Å². The molecule has 0 spiro atoms. The summed E-state index contributed by atoms with van der Waals surface area (Å²) in [6, 6.07) is 13.9. The van der Waals surface area contributed by atoms with Crippen LogP contribution in [-0.4, -0.2) is 57.1 Å². The van der Waals surface area contributed by atoms with E-state index in [1.165, 1.54) is 10.6 Å². The van der Waals surface area contributed by atoms with Gasteiger partial charge in [0.05, 0.1) is 23.8 Å². The Balaban J connectivity index is 1.40. The molecule has 0 aliphatic carbocycles. The maximum absolute atomic E-state index is 13.8. The Kier molecular flexibility index (Phi) is 11.4. The van der Waals surface area contributed by atoms with Crippen molar-refractivity contribution in [3.8, 4) is 16.9 Å². The number of halogens is 4. The highest BCUT2D eigenvalue weighted by molar-refractivity contribution is 5.83. The van der Waals surface area contributed by atoms with Crippen LogP contribution in [0.5, 0.6) is 0 Å². The number of amidine groups is 1. The lowest BCUT2D eigenvalue weighted by Crippen LogP contribution is -2.44. The first kappa shape index (κ1) is 35.3. The van der Waals surface area contributed by atoms with Gasteiger partial charge in [0, 0.05) is 48.5 Å². The van der Waals surface area contributed by atoms with Crippen LogP contribution in [0.2, 0.25) is 0 Å². The number of aromatic nitrogens is 3. The standard InChI is InChI=1S/C36H45F4N7O/c1-23(41)6-3-7-25-18-27(20-29(19-25)36(38,39)40)32-21-28-22-47(35(48)45-34(28)44-32)31-12-10-26(11-13-31)33-9-4-8-30(14-16-43-24(2)42)46(33)17-5-15-37/h10-13,18-23,30,33H,3-9,14-17,41H2,1-2H3,(H2,42,43)(H,44,45,48)/t23-,30-,33-/m0/s1. The van der Waals surface area contributed by atoms with Crippen LogP contribution in [-0.2, 0) is 12.6 Å². The van der Waals surface area contributed by atoms with Crippen LogP contribution in [0.15, 0.2) is 59.5 Å². The minimum Gasteiger partial charge on any atom is -0.374 e. The lowest BCUT2D eigenvalue weighted by Gasteiger charge is -2.43. The second-order valence-corrected chi connectivity index (χ2v) is 13.0. The van der Waals surface area contributed by atoms with E-state index in [-0.39, 0.29) is 24.8 Å². The number of aryl methyl sites for hydroxylation is 1. The molecular formula is C36H45F4N7O. The highest BCUT2D eigenvalue weighted by atomic mass is 19.4. The van der Waals surface area contributed by atoms with Crippen molar-refractivity contribution in [3.63, 3.8) is 0 Å². The predicted octanol–water partition coefficient (Wildman–Crippen LogP) is 7.30. The topological polar surface area (TPSA) is 116 Å². The number of rotatable bonds is 13. The quantitative estimate of drug-likeness (QED) is 0.0679. The maximum Gasteiger partial charge on any atom is 0.416 e. The number of piperidine rings is 1. The van der Waals surface area contributed by atoms with E-state index in [2.05, 4.69) is 20.2 Å². The van der Waals surface area contributed by atoms with Crippen molar-refractivity contribution in [2.45, 2.75) is 89.5 Å². The van der Waals surface area contributed by atoms with Gasteiger partial charge in [-0.2, -0.15) is 18.2 Å². The molecule has 0 bridgehead atoms. The van der Waals surface area contributed by atoms with Crippen molar-refractivity contribution < 1.29 is 17.6 Å². The number of aromatic amines is 1. The van der Waals surface area contributed by atoms with Gasteiger partial charge in [-0.05, 0) is 118 Å². The SMILES string of the molecule is CC(=N)NCC[C@@H]1CCC[C@@H](c2ccc(-n3cc4cc(-c5cc(CCC[C@H](C)N)cc(C(F)(F)F)c5)[nH]c4nc3=O)cc2)N1CCCF. The summed E-state index contributed by atoms with van der Waals surface area (Å²) in [7, 11) is 0. The second-order valence-electron chi connectivity index (χ2n) is 13.0. The number of hydrogen-bond acceptors (Lipinski definition) is 5. The van der Waals surface area contributed by atoms with Crippen LogP contribution in [0.25, 0.3) is 28.0 Å². The molecule has 0 amide bonds. The summed E-state index contributed by atoms with van der Waals surface area (Å²) < 4.78 is 56.1. The summed E-state index contributed by atoms with van der Waals surface area (Å²) in [4.78, 5) is 22.8. The van der Waals surface area contributed by atoms with Crippen LogP contribution in [0, 0.1) is 5.41 Å². The third kappa shape index (κ3) is 8.70. The number of nitrogens with two attached hydrogens (primary N) is 1. The molecule has 48 heavy (non-hydrogen) atoms. The molecule has 0 unspecified atom stereocenters. The van der Waals surface area contributed by atoms with E-state index in [0.717, 1.165) is 37.3 Å². The Bertz CT molecular complexity index is 1750. The van der Waals surface area contributed by atoms with E-state index >= 15 is 0 Å². The Labute approximate surface area is 278 Å². The Morgan fingerprint density at radius 1 is 1.15 bits per heavy atom. The normalized spacial score (nSPS) is 17.9. The number of nitrogens with one attached hydrogen (secondary N) is 3. The maximum atomic E-state index is 13.8. The number of likely N-dealkylation sites (tertiary alicyclic amines) is 1. The number of nitrogens with zero attached hydrogens (tertiary/aromatic N) is 3. The summed E-state index contributed by atoms with van der Waals surface area (Å²) >= 11 is 0. The van der Waals surface area contributed by atoms with Gasteiger partial charge >= 0.3 is 11.9 Å². The van der Waals surface area contributed by atoms with Gasteiger partial charge in [-0.25, -0.2) is 4.79 Å². The first-order valence-corrected chi connectivity index (χ1v) is 16.7. The molecule has 1 fully saturated rings. The van der Waals surface area contributed by atoms with Crippen molar-refractivity contribution in [2.75, 3.05) is 19.8 Å². The van der Waals surface area contributed by atoms with Crippen molar-refractivity contribution in [1.82, 2.24) is 24.8 Å². The molecule has 1 aliphatic heterocycles. The molecule has 2 aromatic heterocycles. The van der Waals surface area contributed by atoms with Gasteiger partial charge in [-0.3, -0.25) is 19.3 Å². The van der Waals surface area contributed by atoms with Crippen LogP contribution < -0.4 is 16.7 Å². The van der Waals surface area contributed by atoms with Crippen molar-refractivity contribution >= 4 is 16.9 Å². The fourth-order valence-electron chi connectivity index (χ4n) is 6.78. The summed E-state index contributed by atoms with van der Waals surface area (Å²) in [6.07, 6.45) is 3.33. The Morgan fingerprint density at radius 2 is 1.92 bits per heavy atom. The highest BCUT2D eigenvalue weighted by Gasteiger charge is 2.32. The molecule has 258 valence electrons. The summed E-state index contributed by atoms with van der Waals surface area (Å²) in [6.45, 7) is 4.55. The summed E-state index contributed by atoms with van der Waals surface area (Å²) in [5.74, 6) is 0.431.